The Labute approximate surface area is 115 Å². The second kappa shape index (κ2) is 5.69. The van der Waals surface area contributed by atoms with Gasteiger partial charge in [-0.3, -0.25) is 0 Å². The fraction of sp³-hybridized carbons (Fsp3) is 0.571. The van der Waals surface area contributed by atoms with Gasteiger partial charge in [-0.2, -0.15) is 13.2 Å². The lowest BCUT2D eigenvalue weighted by atomic mass is 9.90. The molecule has 0 aliphatic carbocycles. The van der Waals surface area contributed by atoms with Gasteiger partial charge in [0.1, 0.15) is 5.67 Å². The van der Waals surface area contributed by atoms with E-state index in [9.17, 15) is 17.6 Å². The second-order valence-corrected chi connectivity index (χ2v) is 5.20. The average Bonchev–Trinajstić information content (AvgIpc) is 2.38. The van der Waals surface area contributed by atoms with Gasteiger partial charge in [-0.1, -0.05) is 12.1 Å². The molecule has 0 amide bonds. The number of benzene rings is 1. The molecule has 1 fully saturated rings. The first-order chi connectivity index (χ1) is 9.29. The molecule has 0 radical (unpaired) electrons. The first kappa shape index (κ1) is 15.3. The van der Waals surface area contributed by atoms with E-state index in [1.165, 1.54) is 19.1 Å². The molecule has 1 heterocycles. The Hall–Kier alpha value is -1.14. The van der Waals surface area contributed by atoms with Crippen molar-refractivity contribution in [2.45, 2.75) is 31.2 Å². The molecule has 1 N–H and O–H groups in total. The SMILES string of the molecule is CC(F)(CC1COCCN1)c1ccc(C(F)(F)F)cc1. The number of nitrogens with one attached hydrogen (secondary N) is 1. The van der Waals surface area contributed by atoms with Crippen molar-refractivity contribution < 1.29 is 22.3 Å². The number of alkyl halides is 4. The maximum Gasteiger partial charge on any atom is 0.416 e. The zero-order chi connectivity index (χ0) is 14.8. The van der Waals surface area contributed by atoms with E-state index >= 15 is 0 Å². The van der Waals surface area contributed by atoms with Crippen molar-refractivity contribution in [1.82, 2.24) is 5.32 Å². The van der Waals surface area contributed by atoms with Crippen molar-refractivity contribution >= 4 is 0 Å². The van der Waals surface area contributed by atoms with Crippen LogP contribution in [0, 0.1) is 0 Å². The topological polar surface area (TPSA) is 21.3 Å². The molecule has 0 aromatic heterocycles. The van der Waals surface area contributed by atoms with Crippen molar-refractivity contribution in [1.29, 1.82) is 0 Å². The van der Waals surface area contributed by atoms with Gasteiger partial charge in [0.25, 0.3) is 0 Å². The molecule has 0 saturated carbocycles. The molecule has 20 heavy (non-hydrogen) atoms. The maximum absolute atomic E-state index is 14.7. The van der Waals surface area contributed by atoms with Gasteiger partial charge in [-0.05, 0) is 24.6 Å². The van der Waals surface area contributed by atoms with Gasteiger partial charge >= 0.3 is 6.18 Å². The number of hydrogen-bond acceptors (Lipinski definition) is 2. The minimum Gasteiger partial charge on any atom is -0.379 e. The summed E-state index contributed by atoms with van der Waals surface area (Å²) >= 11 is 0. The Kier molecular flexibility index (Phi) is 4.34. The maximum atomic E-state index is 14.7. The summed E-state index contributed by atoms with van der Waals surface area (Å²) in [4.78, 5) is 0. The van der Waals surface area contributed by atoms with E-state index in [1.54, 1.807) is 0 Å². The van der Waals surface area contributed by atoms with Crippen LogP contribution in [-0.2, 0) is 16.6 Å². The van der Waals surface area contributed by atoms with Crippen LogP contribution < -0.4 is 5.32 Å². The lowest BCUT2D eigenvalue weighted by Gasteiger charge is -2.30. The monoisotopic (exact) mass is 291 g/mol. The first-order valence-electron chi connectivity index (χ1n) is 6.47. The molecule has 2 nitrogen and oxygen atoms in total. The molecule has 1 aliphatic rings. The highest BCUT2D eigenvalue weighted by Crippen LogP contribution is 2.34. The number of morpholine rings is 1. The Morgan fingerprint density at radius 3 is 2.25 bits per heavy atom. The summed E-state index contributed by atoms with van der Waals surface area (Å²) in [6.45, 7) is 3.06. The Morgan fingerprint density at radius 1 is 1.15 bits per heavy atom. The molecule has 1 aliphatic heterocycles. The van der Waals surface area contributed by atoms with Crippen molar-refractivity contribution in [3.8, 4) is 0 Å². The average molecular weight is 291 g/mol. The minimum atomic E-state index is -4.40. The van der Waals surface area contributed by atoms with E-state index in [1.807, 2.05) is 0 Å². The van der Waals surface area contributed by atoms with E-state index < -0.39 is 17.4 Å². The number of rotatable bonds is 3. The normalized spacial score (nSPS) is 23.4. The van der Waals surface area contributed by atoms with Crippen LogP contribution in [0.15, 0.2) is 24.3 Å². The van der Waals surface area contributed by atoms with Crippen LogP contribution in [0.5, 0.6) is 0 Å². The summed E-state index contributed by atoms with van der Waals surface area (Å²) in [5, 5.41) is 3.14. The predicted octanol–water partition coefficient (Wildman–Crippen LogP) is 3.27. The molecule has 2 unspecified atom stereocenters. The Bertz CT molecular complexity index is 435. The lowest BCUT2D eigenvalue weighted by Crippen LogP contribution is -2.44. The van der Waals surface area contributed by atoms with E-state index in [0.29, 0.717) is 19.8 Å². The summed E-state index contributed by atoms with van der Waals surface area (Å²) in [6.07, 6.45) is -4.23. The molecule has 1 aromatic rings. The highest BCUT2D eigenvalue weighted by Gasteiger charge is 2.33. The molecular weight excluding hydrogens is 274 g/mol. The van der Waals surface area contributed by atoms with Gasteiger partial charge in [0.2, 0.25) is 0 Å². The second-order valence-electron chi connectivity index (χ2n) is 5.20. The smallest absolute Gasteiger partial charge is 0.379 e. The first-order valence-corrected chi connectivity index (χ1v) is 6.47. The zero-order valence-electron chi connectivity index (χ0n) is 11.1. The standard InChI is InChI=1S/C14H17F4NO/c1-13(15,8-12-9-20-7-6-19-12)10-2-4-11(5-3-10)14(16,17)18/h2-5,12,19H,6-9H2,1H3. The molecule has 0 bridgehead atoms. The molecule has 0 spiro atoms. The summed E-state index contributed by atoms with van der Waals surface area (Å²) in [5.41, 5.74) is -2.21. The van der Waals surface area contributed by atoms with Crippen LogP contribution in [0.4, 0.5) is 17.6 Å². The van der Waals surface area contributed by atoms with Crippen LogP contribution in [0.25, 0.3) is 0 Å². The van der Waals surface area contributed by atoms with Crippen molar-refractivity contribution in [3.63, 3.8) is 0 Å². The van der Waals surface area contributed by atoms with Crippen LogP contribution in [0.3, 0.4) is 0 Å². The highest BCUT2D eigenvalue weighted by molar-refractivity contribution is 5.28. The van der Waals surface area contributed by atoms with Crippen LogP contribution in [0.2, 0.25) is 0 Å². The summed E-state index contributed by atoms with van der Waals surface area (Å²) in [6, 6.07) is 4.11. The number of halogens is 4. The lowest BCUT2D eigenvalue weighted by molar-refractivity contribution is -0.137. The van der Waals surface area contributed by atoms with Gasteiger partial charge in [-0.25, -0.2) is 4.39 Å². The van der Waals surface area contributed by atoms with Crippen molar-refractivity contribution in [2.75, 3.05) is 19.8 Å². The highest BCUT2D eigenvalue weighted by atomic mass is 19.4. The predicted molar refractivity (Wildman–Crippen MR) is 67.1 cm³/mol. The molecule has 1 aromatic carbocycles. The summed E-state index contributed by atoms with van der Waals surface area (Å²) < 4.78 is 57.3. The van der Waals surface area contributed by atoms with Crippen molar-refractivity contribution in [2.24, 2.45) is 0 Å². The molecule has 112 valence electrons. The van der Waals surface area contributed by atoms with E-state index in [0.717, 1.165) is 12.1 Å². The van der Waals surface area contributed by atoms with Gasteiger partial charge in [0.05, 0.1) is 18.8 Å². The molecule has 1 saturated heterocycles. The quantitative estimate of drug-likeness (QED) is 0.863. The van der Waals surface area contributed by atoms with E-state index in [4.69, 9.17) is 4.74 Å². The molecule has 2 rings (SSSR count). The van der Waals surface area contributed by atoms with Gasteiger partial charge < -0.3 is 10.1 Å². The van der Waals surface area contributed by atoms with E-state index in [-0.39, 0.29) is 18.0 Å². The number of hydrogen-bond donors (Lipinski definition) is 1. The van der Waals surface area contributed by atoms with Gasteiger partial charge in [0.15, 0.2) is 0 Å². The fourth-order valence-corrected chi connectivity index (χ4v) is 2.34. The minimum absolute atomic E-state index is 0.124. The van der Waals surface area contributed by atoms with Crippen LogP contribution >= 0.6 is 0 Å². The summed E-state index contributed by atoms with van der Waals surface area (Å²) in [7, 11) is 0. The molecular formula is C14H17F4NO. The molecule has 2 atom stereocenters. The zero-order valence-corrected chi connectivity index (χ0v) is 11.1. The summed E-state index contributed by atoms with van der Waals surface area (Å²) in [5.74, 6) is 0. The molecule has 6 heteroatoms. The van der Waals surface area contributed by atoms with E-state index in [2.05, 4.69) is 5.32 Å². The van der Waals surface area contributed by atoms with Crippen LogP contribution in [0.1, 0.15) is 24.5 Å². The van der Waals surface area contributed by atoms with Gasteiger partial charge in [-0.15, -0.1) is 0 Å². The van der Waals surface area contributed by atoms with Gasteiger partial charge in [0, 0.05) is 19.0 Å². The third-order valence-electron chi connectivity index (χ3n) is 3.44. The third kappa shape index (κ3) is 3.70. The fourth-order valence-electron chi connectivity index (χ4n) is 2.34. The number of ether oxygens (including phenoxy) is 1. The Morgan fingerprint density at radius 2 is 1.75 bits per heavy atom. The largest absolute Gasteiger partial charge is 0.416 e. The van der Waals surface area contributed by atoms with Crippen LogP contribution in [-0.4, -0.2) is 25.8 Å². The Balaban J connectivity index is 2.08. The van der Waals surface area contributed by atoms with Crippen molar-refractivity contribution in [3.05, 3.63) is 35.4 Å². The third-order valence-corrected chi connectivity index (χ3v) is 3.44.